The zero-order valence-electron chi connectivity index (χ0n) is 11.3. The molecule has 5 heteroatoms. The van der Waals surface area contributed by atoms with Crippen LogP contribution in [0.1, 0.15) is 22.4 Å². The van der Waals surface area contributed by atoms with E-state index in [2.05, 4.69) is 25.9 Å². The Morgan fingerprint density at radius 1 is 1.35 bits per heavy atom. The highest BCUT2D eigenvalue weighted by Crippen LogP contribution is 2.20. The Hall–Kier alpha value is -1.88. The van der Waals surface area contributed by atoms with Crippen LogP contribution in [0, 0.1) is 13.8 Å². The Bertz CT molecular complexity index is 720. The fourth-order valence-corrected chi connectivity index (χ4v) is 2.32. The number of hydrogen-bond acceptors (Lipinski definition) is 3. The van der Waals surface area contributed by atoms with Gasteiger partial charge in [0.05, 0.1) is 6.54 Å². The first kappa shape index (κ1) is 14.5. The third-order valence-electron chi connectivity index (χ3n) is 2.96. The molecule has 0 atom stereocenters. The highest BCUT2D eigenvalue weighted by atomic mass is 79.9. The summed E-state index contributed by atoms with van der Waals surface area (Å²) in [5.41, 5.74) is 2.90. The van der Waals surface area contributed by atoms with Crippen LogP contribution in [0.25, 0.3) is 0 Å². The SMILES string of the molecule is Cc1cc(C)c(CN=Cc2cc(Br)ccc2O)c(=O)[nH]1. The molecule has 0 amide bonds. The van der Waals surface area contributed by atoms with Crippen LogP contribution in [0.15, 0.2) is 38.5 Å². The number of rotatable bonds is 3. The van der Waals surface area contributed by atoms with E-state index in [9.17, 15) is 9.90 Å². The van der Waals surface area contributed by atoms with E-state index in [0.29, 0.717) is 11.1 Å². The Morgan fingerprint density at radius 2 is 2.10 bits per heavy atom. The minimum atomic E-state index is -0.113. The number of aliphatic imine (C=N–C) groups is 1. The van der Waals surface area contributed by atoms with Crippen molar-refractivity contribution < 1.29 is 5.11 Å². The first-order valence-electron chi connectivity index (χ1n) is 6.15. The van der Waals surface area contributed by atoms with E-state index in [1.54, 1.807) is 24.4 Å². The molecule has 2 rings (SSSR count). The normalized spacial score (nSPS) is 11.2. The molecule has 0 aliphatic carbocycles. The van der Waals surface area contributed by atoms with Crippen molar-refractivity contribution in [2.24, 2.45) is 4.99 Å². The van der Waals surface area contributed by atoms with Gasteiger partial charge in [-0.05, 0) is 43.7 Å². The number of phenolic OH excluding ortho intramolecular Hbond substituents is 1. The Labute approximate surface area is 125 Å². The van der Waals surface area contributed by atoms with Gasteiger partial charge in [-0.25, -0.2) is 0 Å². The molecule has 0 bridgehead atoms. The lowest BCUT2D eigenvalue weighted by molar-refractivity contribution is 0.474. The number of halogens is 1. The molecule has 2 aromatic rings. The maximum Gasteiger partial charge on any atom is 0.253 e. The zero-order chi connectivity index (χ0) is 14.7. The molecule has 4 nitrogen and oxygen atoms in total. The molecule has 0 spiro atoms. The number of pyridine rings is 1. The minimum Gasteiger partial charge on any atom is -0.507 e. The number of aromatic hydroxyl groups is 1. The number of phenols is 1. The van der Waals surface area contributed by atoms with Crippen LogP contribution in [0.4, 0.5) is 0 Å². The second kappa shape index (κ2) is 6.05. The molecule has 0 radical (unpaired) electrons. The summed E-state index contributed by atoms with van der Waals surface area (Å²) in [6, 6.07) is 7.03. The number of aromatic nitrogens is 1. The van der Waals surface area contributed by atoms with Crippen molar-refractivity contribution in [3.63, 3.8) is 0 Å². The van der Waals surface area contributed by atoms with Crippen molar-refractivity contribution in [3.8, 4) is 5.75 Å². The van der Waals surface area contributed by atoms with Gasteiger partial charge in [0.15, 0.2) is 0 Å². The predicted molar refractivity (Wildman–Crippen MR) is 83.6 cm³/mol. The van der Waals surface area contributed by atoms with Gasteiger partial charge in [0.25, 0.3) is 5.56 Å². The zero-order valence-corrected chi connectivity index (χ0v) is 12.9. The topological polar surface area (TPSA) is 65.5 Å². The van der Waals surface area contributed by atoms with Crippen molar-refractivity contribution in [3.05, 3.63) is 61.5 Å². The molecule has 2 N–H and O–H groups in total. The van der Waals surface area contributed by atoms with Crippen molar-refractivity contribution in [2.75, 3.05) is 0 Å². The van der Waals surface area contributed by atoms with E-state index < -0.39 is 0 Å². The number of benzene rings is 1. The minimum absolute atomic E-state index is 0.113. The molecule has 1 aromatic heterocycles. The van der Waals surface area contributed by atoms with Gasteiger partial charge < -0.3 is 10.1 Å². The molecule has 0 aliphatic heterocycles. The van der Waals surface area contributed by atoms with Crippen molar-refractivity contribution in [1.82, 2.24) is 4.98 Å². The maximum atomic E-state index is 11.8. The largest absolute Gasteiger partial charge is 0.507 e. The molecule has 20 heavy (non-hydrogen) atoms. The highest BCUT2D eigenvalue weighted by molar-refractivity contribution is 9.10. The molecule has 1 aromatic carbocycles. The van der Waals surface area contributed by atoms with E-state index in [-0.39, 0.29) is 17.9 Å². The van der Waals surface area contributed by atoms with Crippen LogP contribution in [-0.2, 0) is 6.54 Å². The van der Waals surface area contributed by atoms with E-state index in [4.69, 9.17) is 0 Å². The summed E-state index contributed by atoms with van der Waals surface area (Å²) in [6.45, 7) is 4.03. The molecule has 104 valence electrons. The average Bonchev–Trinajstić information content (AvgIpc) is 2.36. The highest BCUT2D eigenvalue weighted by Gasteiger charge is 2.04. The quantitative estimate of drug-likeness (QED) is 0.847. The fraction of sp³-hybridized carbons (Fsp3) is 0.200. The summed E-state index contributed by atoms with van der Waals surface area (Å²) in [6.07, 6.45) is 1.57. The number of nitrogens with one attached hydrogen (secondary N) is 1. The molecule has 0 saturated heterocycles. The third-order valence-corrected chi connectivity index (χ3v) is 3.46. The number of H-pyrrole nitrogens is 1. The first-order chi connectivity index (χ1) is 9.47. The molecule has 0 aliphatic rings. The van der Waals surface area contributed by atoms with Crippen LogP contribution in [0.3, 0.4) is 0 Å². The van der Waals surface area contributed by atoms with Gasteiger partial charge in [0, 0.05) is 27.5 Å². The standard InChI is InChI=1S/C15H15BrN2O2/c1-9-5-10(2)18-15(20)13(9)8-17-7-11-6-12(16)3-4-14(11)19/h3-7,19H,8H2,1-2H3,(H,18,20). The summed E-state index contributed by atoms with van der Waals surface area (Å²) in [5.74, 6) is 0.159. The second-order valence-electron chi connectivity index (χ2n) is 4.62. The fourth-order valence-electron chi connectivity index (χ4n) is 1.94. The van der Waals surface area contributed by atoms with E-state index >= 15 is 0 Å². The molecular weight excluding hydrogens is 320 g/mol. The summed E-state index contributed by atoms with van der Waals surface area (Å²) in [7, 11) is 0. The maximum absolute atomic E-state index is 11.8. The van der Waals surface area contributed by atoms with Gasteiger partial charge in [-0.3, -0.25) is 9.79 Å². The van der Waals surface area contributed by atoms with Crippen LogP contribution in [0.2, 0.25) is 0 Å². The Balaban J connectivity index is 2.23. The lowest BCUT2D eigenvalue weighted by Crippen LogP contribution is -2.15. The van der Waals surface area contributed by atoms with Crippen molar-refractivity contribution in [1.29, 1.82) is 0 Å². The lowest BCUT2D eigenvalue weighted by Gasteiger charge is -2.03. The van der Waals surface area contributed by atoms with Crippen LogP contribution < -0.4 is 5.56 Å². The summed E-state index contributed by atoms with van der Waals surface area (Å²) in [5, 5.41) is 9.70. The van der Waals surface area contributed by atoms with Gasteiger partial charge in [0.2, 0.25) is 0 Å². The van der Waals surface area contributed by atoms with Gasteiger partial charge in [-0.1, -0.05) is 15.9 Å². The monoisotopic (exact) mass is 334 g/mol. The summed E-state index contributed by atoms with van der Waals surface area (Å²) in [4.78, 5) is 18.8. The Morgan fingerprint density at radius 3 is 2.80 bits per heavy atom. The predicted octanol–water partition coefficient (Wildman–Crippen LogP) is 3.08. The molecule has 0 fully saturated rings. The van der Waals surface area contributed by atoms with E-state index in [0.717, 1.165) is 15.7 Å². The third kappa shape index (κ3) is 3.36. The Kier molecular flexibility index (Phi) is 4.39. The number of hydrogen-bond donors (Lipinski definition) is 2. The number of nitrogens with zero attached hydrogens (tertiary/aromatic N) is 1. The summed E-state index contributed by atoms with van der Waals surface area (Å²) < 4.78 is 0.862. The van der Waals surface area contributed by atoms with Crippen LogP contribution >= 0.6 is 15.9 Å². The van der Waals surface area contributed by atoms with Crippen molar-refractivity contribution in [2.45, 2.75) is 20.4 Å². The van der Waals surface area contributed by atoms with Gasteiger partial charge >= 0.3 is 0 Å². The van der Waals surface area contributed by atoms with Gasteiger partial charge in [-0.2, -0.15) is 0 Å². The smallest absolute Gasteiger partial charge is 0.253 e. The number of aryl methyl sites for hydroxylation is 2. The van der Waals surface area contributed by atoms with Crippen molar-refractivity contribution >= 4 is 22.1 Å². The van der Waals surface area contributed by atoms with Crippen LogP contribution in [-0.4, -0.2) is 16.3 Å². The molecule has 0 saturated carbocycles. The van der Waals surface area contributed by atoms with Crippen LogP contribution in [0.5, 0.6) is 5.75 Å². The second-order valence-corrected chi connectivity index (χ2v) is 5.53. The molecule has 0 unspecified atom stereocenters. The lowest BCUT2D eigenvalue weighted by atomic mass is 10.1. The first-order valence-corrected chi connectivity index (χ1v) is 6.94. The van der Waals surface area contributed by atoms with Gasteiger partial charge in [-0.15, -0.1) is 0 Å². The number of aromatic amines is 1. The average molecular weight is 335 g/mol. The van der Waals surface area contributed by atoms with Gasteiger partial charge in [0.1, 0.15) is 5.75 Å². The summed E-state index contributed by atoms with van der Waals surface area (Å²) >= 11 is 3.34. The molecular formula is C15H15BrN2O2. The molecule has 1 heterocycles. The van der Waals surface area contributed by atoms with E-state index in [1.807, 2.05) is 19.9 Å². The van der Waals surface area contributed by atoms with E-state index in [1.165, 1.54) is 0 Å².